The highest BCUT2D eigenvalue weighted by Crippen LogP contribution is 2.30. The van der Waals surface area contributed by atoms with E-state index in [4.69, 9.17) is 0 Å². The predicted octanol–water partition coefficient (Wildman–Crippen LogP) is 1.86. The zero-order valence-electron chi connectivity index (χ0n) is 9.23. The van der Waals surface area contributed by atoms with Gasteiger partial charge >= 0.3 is 0 Å². The summed E-state index contributed by atoms with van der Waals surface area (Å²) in [5.41, 5.74) is 2.95. The van der Waals surface area contributed by atoms with Gasteiger partial charge in [-0.2, -0.15) is 0 Å². The molecule has 1 aromatic rings. The van der Waals surface area contributed by atoms with Crippen LogP contribution in [-0.4, -0.2) is 25.0 Å². The predicted molar refractivity (Wildman–Crippen MR) is 64.3 cm³/mol. The lowest BCUT2D eigenvalue weighted by molar-refractivity contribution is 0.0963. The molecule has 0 saturated heterocycles. The summed E-state index contributed by atoms with van der Waals surface area (Å²) in [5, 5.41) is 5.62. The molecule has 0 aromatic carbocycles. The highest BCUT2D eigenvalue weighted by molar-refractivity contribution is 9.10. The summed E-state index contributed by atoms with van der Waals surface area (Å²) in [6, 6.07) is 0. The monoisotopic (exact) mass is 271 g/mol. The number of nitrogens with zero attached hydrogens (tertiary/aromatic N) is 1. The van der Waals surface area contributed by atoms with Gasteiger partial charge in [0.25, 0.3) is 5.91 Å². The first-order chi connectivity index (χ1) is 7.02. The fourth-order valence-electron chi connectivity index (χ4n) is 1.47. The smallest absolute Gasteiger partial charge is 0.255 e. The van der Waals surface area contributed by atoms with Crippen LogP contribution in [0.4, 0.5) is 5.69 Å². The van der Waals surface area contributed by atoms with Gasteiger partial charge in [-0.15, -0.1) is 0 Å². The lowest BCUT2D eigenvalue weighted by atomic mass is 10.1. The first-order valence-electron chi connectivity index (χ1n) is 4.59. The minimum absolute atomic E-state index is 0.134. The molecule has 1 rings (SSSR count). The number of anilines is 1. The molecule has 0 radical (unpaired) electrons. The molecule has 82 valence electrons. The Morgan fingerprint density at radius 1 is 1.27 bits per heavy atom. The number of rotatable bonds is 2. The molecular weight excluding hydrogens is 258 g/mol. The molecule has 0 aliphatic rings. The van der Waals surface area contributed by atoms with Crippen LogP contribution in [-0.2, 0) is 0 Å². The molecule has 0 aliphatic carbocycles. The molecule has 4 nitrogen and oxygen atoms in total. The Bertz CT molecular complexity index is 404. The number of carbonyl (C=O) groups excluding carboxylic acids is 1. The lowest BCUT2D eigenvalue weighted by Gasteiger charge is -2.14. The third-order valence-electron chi connectivity index (χ3n) is 2.19. The van der Waals surface area contributed by atoms with Crippen LogP contribution in [0.3, 0.4) is 0 Å². The molecule has 0 fully saturated rings. The number of carbonyl (C=O) groups is 1. The molecule has 0 saturated carbocycles. The molecule has 0 spiro atoms. The van der Waals surface area contributed by atoms with Crippen molar-refractivity contribution < 1.29 is 4.79 Å². The van der Waals surface area contributed by atoms with Gasteiger partial charge in [-0.3, -0.25) is 9.78 Å². The standard InChI is InChI=1S/C10H14BrN3O/c1-5-7(10(15)13-4)9(12-3)8(11)6(2)14-5/h1-4H3,(H,12,14)(H,13,15). The number of aryl methyl sites for hydroxylation is 2. The van der Waals surface area contributed by atoms with E-state index in [0.29, 0.717) is 5.56 Å². The van der Waals surface area contributed by atoms with E-state index >= 15 is 0 Å². The van der Waals surface area contributed by atoms with Crippen LogP contribution in [0.1, 0.15) is 21.7 Å². The minimum atomic E-state index is -0.134. The summed E-state index contributed by atoms with van der Waals surface area (Å²) in [6.45, 7) is 3.72. The Kier molecular flexibility index (Phi) is 3.68. The van der Waals surface area contributed by atoms with E-state index < -0.39 is 0 Å². The molecule has 1 amide bonds. The maximum absolute atomic E-state index is 11.7. The highest BCUT2D eigenvalue weighted by atomic mass is 79.9. The first kappa shape index (κ1) is 12.0. The minimum Gasteiger partial charge on any atom is -0.386 e. The van der Waals surface area contributed by atoms with Crippen molar-refractivity contribution in [2.75, 3.05) is 19.4 Å². The quantitative estimate of drug-likeness (QED) is 0.864. The van der Waals surface area contributed by atoms with E-state index in [0.717, 1.165) is 21.5 Å². The van der Waals surface area contributed by atoms with Crippen LogP contribution in [0.2, 0.25) is 0 Å². The molecule has 5 heteroatoms. The average Bonchev–Trinajstić information content (AvgIpc) is 2.21. The van der Waals surface area contributed by atoms with Gasteiger partial charge in [0.1, 0.15) is 0 Å². The van der Waals surface area contributed by atoms with Crippen LogP contribution in [0.5, 0.6) is 0 Å². The van der Waals surface area contributed by atoms with E-state index in [1.54, 1.807) is 14.1 Å². The number of hydrogen-bond donors (Lipinski definition) is 2. The number of aromatic nitrogens is 1. The Morgan fingerprint density at radius 3 is 2.33 bits per heavy atom. The first-order valence-corrected chi connectivity index (χ1v) is 5.38. The number of halogens is 1. The van der Waals surface area contributed by atoms with Crippen LogP contribution in [0.15, 0.2) is 4.47 Å². The van der Waals surface area contributed by atoms with E-state index in [9.17, 15) is 4.79 Å². The van der Waals surface area contributed by atoms with E-state index in [2.05, 4.69) is 31.5 Å². The summed E-state index contributed by atoms with van der Waals surface area (Å²) in [4.78, 5) is 16.0. The van der Waals surface area contributed by atoms with E-state index in [1.807, 2.05) is 13.8 Å². The summed E-state index contributed by atoms with van der Waals surface area (Å²) in [5.74, 6) is -0.134. The van der Waals surface area contributed by atoms with Gasteiger partial charge in [0, 0.05) is 14.1 Å². The zero-order chi connectivity index (χ0) is 11.6. The average molecular weight is 272 g/mol. The van der Waals surface area contributed by atoms with Crippen LogP contribution >= 0.6 is 15.9 Å². The van der Waals surface area contributed by atoms with Gasteiger partial charge < -0.3 is 10.6 Å². The Balaban J connectivity index is 3.49. The van der Waals surface area contributed by atoms with Crippen LogP contribution < -0.4 is 10.6 Å². The van der Waals surface area contributed by atoms with Crippen molar-refractivity contribution in [1.29, 1.82) is 0 Å². The maximum atomic E-state index is 11.7. The van der Waals surface area contributed by atoms with Gasteiger partial charge in [0.15, 0.2) is 0 Å². The largest absolute Gasteiger partial charge is 0.386 e. The summed E-state index contributed by atoms with van der Waals surface area (Å²) in [7, 11) is 3.39. The number of amides is 1. The van der Waals surface area contributed by atoms with Crippen molar-refractivity contribution in [3.8, 4) is 0 Å². The Hall–Kier alpha value is -1.10. The van der Waals surface area contributed by atoms with Crippen LogP contribution in [0, 0.1) is 13.8 Å². The van der Waals surface area contributed by atoms with Gasteiger partial charge in [-0.1, -0.05) is 0 Å². The third kappa shape index (κ3) is 2.12. The molecule has 2 N–H and O–H groups in total. The fourth-order valence-corrected chi connectivity index (χ4v) is 1.95. The molecule has 0 bridgehead atoms. The van der Waals surface area contributed by atoms with E-state index in [1.165, 1.54) is 0 Å². The van der Waals surface area contributed by atoms with Gasteiger partial charge in [0.05, 0.1) is 27.1 Å². The van der Waals surface area contributed by atoms with Gasteiger partial charge in [0.2, 0.25) is 0 Å². The molecular formula is C10H14BrN3O. The molecule has 0 unspecified atom stereocenters. The van der Waals surface area contributed by atoms with Crippen molar-refractivity contribution in [1.82, 2.24) is 10.3 Å². The summed E-state index contributed by atoms with van der Waals surface area (Å²) >= 11 is 3.42. The van der Waals surface area contributed by atoms with Crippen LogP contribution in [0.25, 0.3) is 0 Å². The van der Waals surface area contributed by atoms with Crippen molar-refractivity contribution in [2.24, 2.45) is 0 Å². The van der Waals surface area contributed by atoms with Gasteiger partial charge in [-0.25, -0.2) is 0 Å². The highest BCUT2D eigenvalue weighted by Gasteiger charge is 2.18. The third-order valence-corrected chi connectivity index (χ3v) is 3.16. The van der Waals surface area contributed by atoms with Crippen molar-refractivity contribution in [3.05, 3.63) is 21.4 Å². The second kappa shape index (κ2) is 4.61. The second-order valence-electron chi connectivity index (χ2n) is 3.18. The molecule has 1 heterocycles. The molecule has 0 atom stereocenters. The van der Waals surface area contributed by atoms with Crippen molar-refractivity contribution >= 4 is 27.5 Å². The SMILES string of the molecule is CNC(=O)c1c(C)nc(C)c(Br)c1NC. The zero-order valence-corrected chi connectivity index (χ0v) is 10.8. The fraction of sp³-hybridized carbons (Fsp3) is 0.400. The Morgan fingerprint density at radius 2 is 1.87 bits per heavy atom. The number of hydrogen-bond acceptors (Lipinski definition) is 3. The Labute approximate surface area is 97.6 Å². The summed E-state index contributed by atoms with van der Waals surface area (Å²) in [6.07, 6.45) is 0. The number of nitrogens with one attached hydrogen (secondary N) is 2. The number of pyridine rings is 1. The van der Waals surface area contributed by atoms with Crippen molar-refractivity contribution in [3.63, 3.8) is 0 Å². The van der Waals surface area contributed by atoms with Gasteiger partial charge in [-0.05, 0) is 29.8 Å². The lowest BCUT2D eigenvalue weighted by Crippen LogP contribution is -2.21. The topological polar surface area (TPSA) is 54.0 Å². The molecule has 1 aromatic heterocycles. The second-order valence-corrected chi connectivity index (χ2v) is 3.97. The maximum Gasteiger partial charge on any atom is 0.255 e. The van der Waals surface area contributed by atoms with Crippen molar-refractivity contribution in [2.45, 2.75) is 13.8 Å². The molecule has 15 heavy (non-hydrogen) atoms. The normalized spacial score (nSPS) is 9.93. The summed E-state index contributed by atoms with van der Waals surface area (Å²) < 4.78 is 0.828. The van der Waals surface area contributed by atoms with E-state index in [-0.39, 0.29) is 5.91 Å². The molecule has 0 aliphatic heterocycles.